The Labute approximate surface area is 174 Å². The van der Waals surface area contributed by atoms with E-state index in [0.717, 1.165) is 0 Å². The van der Waals surface area contributed by atoms with Crippen LogP contribution < -0.4 is 4.74 Å². The van der Waals surface area contributed by atoms with Crippen LogP contribution in [0.3, 0.4) is 0 Å². The number of carbonyl (C=O) groups excluding carboxylic acids is 1. The minimum absolute atomic E-state index is 0.0587. The number of hydrogen-bond donors (Lipinski definition) is 0. The maximum atomic E-state index is 12.0. The third kappa shape index (κ3) is 5.21. The molecule has 9 nitrogen and oxygen atoms in total. The van der Waals surface area contributed by atoms with E-state index in [1.807, 2.05) is 0 Å². The molecule has 0 N–H and O–H groups in total. The molecule has 0 fully saturated rings. The molecule has 0 saturated heterocycles. The molecule has 11 heteroatoms. The summed E-state index contributed by atoms with van der Waals surface area (Å²) in [5.74, 6) is -0.171. The van der Waals surface area contributed by atoms with E-state index in [0.29, 0.717) is 16.3 Å². The number of rotatable bonds is 7. The number of nitro benzene ring substituents is 1. The predicted molar refractivity (Wildman–Crippen MR) is 103 cm³/mol. The molecule has 3 rings (SSSR count). The minimum atomic E-state index is -0.828. The Morgan fingerprint density at radius 1 is 1.21 bits per heavy atom. The van der Waals surface area contributed by atoms with Crippen LogP contribution in [0, 0.1) is 10.1 Å². The second kappa shape index (κ2) is 8.89. The Kier molecular flexibility index (Phi) is 6.30. The number of carbonyl (C=O) groups is 1. The van der Waals surface area contributed by atoms with Crippen LogP contribution in [-0.4, -0.2) is 27.7 Å². The zero-order valence-electron chi connectivity index (χ0n) is 14.9. The predicted octanol–water partition coefficient (Wildman–Crippen LogP) is 4.63. The highest BCUT2D eigenvalue weighted by Crippen LogP contribution is 2.28. The normalized spacial score (nSPS) is 11.7. The van der Waals surface area contributed by atoms with Gasteiger partial charge in [-0.2, -0.15) is 0 Å². The Bertz CT molecular complexity index is 1040. The van der Waals surface area contributed by atoms with Gasteiger partial charge in [-0.25, -0.2) is 4.79 Å². The van der Waals surface area contributed by atoms with Crippen molar-refractivity contribution in [3.8, 4) is 17.2 Å². The van der Waals surface area contributed by atoms with Crippen molar-refractivity contribution in [2.75, 3.05) is 6.61 Å². The van der Waals surface area contributed by atoms with Gasteiger partial charge in [0.1, 0.15) is 5.75 Å². The number of ether oxygens (including phenoxy) is 2. The molecule has 0 aliphatic carbocycles. The second-order valence-corrected chi connectivity index (χ2v) is 6.59. The van der Waals surface area contributed by atoms with Gasteiger partial charge in [0.15, 0.2) is 12.7 Å². The average molecular weight is 438 g/mol. The van der Waals surface area contributed by atoms with E-state index in [1.54, 1.807) is 13.0 Å². The lowest BCUT2D eigenvalue weighted by molar-refractivity contribution is -0.384. The number of non-ortho nitro benzene ring substituents is 1. The average Bonchev–Trinajstić information content (AvgIpc) is 3.18. The van der Waals surface area contributed by atoms with Crippen molar-refractivity contribution >= 4 is 34.9 Å². The molecule has 0 aliphatic heterocycles. The SMILES string of the molecule is CC(OC(=O)COc1ccc(Cl)cc1Cl)c1nnc(-c2ccc([N+](=O)[O-])cc2)o1. The molecule has 1 unspecified atom stereocenters. The molecule has 150 valence electrons. The maximum absolute atomic E-state index is 12.0. The number of halogens is 2. The number of aromatic nitrogens is 2. The van der Waals surface area contributed by atoms with E-state index >= 15 is 0 Å². The first-order chi connectivity index (χ1) is 13.8. The fourth-order valence-electron chi connectivity index (χ4n) is 2.25. The first-order valence-electron chi connectivity index (χ1n) is 8.19. The molecule has 0 amide bonds. The van der Waals surface area contributed by atoms with Crippen molar-refractivity contribution < 1.29 is 23.6 Å². The summed E-state index contributed by atoms with van der Waals surface area (Å²) >= 11 is 11.8. The van der Waals surface area contributed by atoms with Gasteiger partial charge in [-0.15, -0.1) is 10.2 Å². The van der Waals surface area contributed by atoms with Crippen LogP contribution in [-0.2, 0) is 9.53 Å². The molecular formula is C18H13Cl2N3O6. The van der Waals surface area contributed by atoms with Gasteiger partial charge in [-0.05, 0) is 37.3 Å². The summed E-state index contributed by atoms with van der Waals surface area (Å²) in [6.45, 7) is 1.18. The third-order valence-corrected chi connectivity index (χ3v) is 4.19. The maximum Gasteiger partial charge on any atom is 0.344 e. The van der Waals surface area contributed by atoms with Gasteiger partial charge in [0.05, 0.1) is 9.95 Å². The van der Waals surface area contributed by atoms with Crippen LogP contribution >= 0.6 is 23.2 Å². The van der Waals surface area contributed by atoms with Gasteiger partial charge >= 0.3 is 5.97 Å². The zero-order chi connectivity index (χ0) is 21.0. The summed E-state index contributed by atoms with van der Waals surface area (Å²) in [5.41, 5.74) is 0.435. The van der Waals surface area contributed by atoms with Crippen molar-refractivity contribution in [1.82, 2.24) is 10.2 Å². The smallest absolute Gasteiger partial charge is 0.344 e. The highest BCUT2D eigenvalue weighted by atomic mass is 35.5. The van der Waals surface area contributed by atoms with Gasteiger partial charge in [0, 0.05) is 22.7 Å². The minimum Gasteiger partial charge on any atom is -0.480 e. The fraction of sp³-hybridized carbons (Fsp3) is 0.167. The molecule has 3 aromatic rings. The van der Waals surface area contributed by atoms with Crippen LogP contribution in [0.2, 0.25) is 10.0 Å². The lowest BCUT2D eigenvalue weighted by Crippen LogP contribution is -2.17. The topological polar surface area (TPSA) is 118 Å². The Morgan fingerprint density at radius 3 is 2.59 bits per heavy atom. The molecule has 2 aromatic carbocycles. The molecule has 0 spiro atoms. The zero-order valence-corrected chi connectivity index (χ0v) is 16.4. The molecule has 0 saturated carbocycles. The summed E-state index contributed by atoms with van der Waals surface area (Å²) in [7, 11) is 0. The Balaban J connectivity index is 1.58. The molecule has 29 heavy (non-hydrogen) atoms. The first-order valence-corrected chi connectivity index (χ1v) is 8.94. The van der Waals surface area contributed by atoms with Crippen molar-refractivity contribution in [3.05, 3.63) is 68.5 Å². The number of esters is 1. The highest BCUT2D eigenvalue weighted by molar-refractivity contribution is 6.35. The number of benzene rings is 2. The largest absolute Gasteiger partial charge is 0.480 e. The summed E-state index contributed by atoms with van der Waals surface area (Å²) in [6.07, 6.45) is -0.828. The van der Waals surface area contributed by atoms with Gasteiger partial charge < -0.3 is 13.9 Å². The monoisotopic (exact) mass is 437 g/mol. The first kappa shape index (κ1) is 20.6. The third-order valence-electron chi connectivity index (χ3n) is 3.66. The molecule has 0 radical (unpaired) electrons. The Hall–Kier alpha value is -3.17. The van der Waals surface area contributed by atoms with Gasteiger partial charge in [0.25, 0.3) is 11.6 Å². The van der Waals surface area contributed by atoms with E-state index in [9.17, 15) is 14.9 Å². The lowest BCUT2D eigenvalue weighted by Gasteiger charge is -2.11. The molecule has 0 aliphatic rings. The van der Waals surface area contributed by atoms with Crippen LogP contribution in [0.4, 0.5) is 5.69 Å². The van der Waals surface area contributed by atoms with Crippen LogP contribution in [0.5, 0.6) is 5.75 Å². The number of nitrogens with zero attached hydrogens (tertiary/aromatic N) is 3. The quantitative estimate of drug-likeness (QED) is 0.298. The van der Waals surface area contributed by atoms with Crippen LogP contribution in [0.1, 0.15) is 18.9 Å². The van der Waals surface area contributed by atoms with E-state index in [1.165, 1.54) is 36.4 Å². The number of hydrogen-bond acceptors (Lipinski definition) is 8. The summed E-state index contributed by atoms with van der Waals surface area (Å²) in [5, 5.41) is 19.1. The van der Waals surface area contributed by atoms with Crippen molar-refractivity contribution in [3.63, 3.8) is 0 Å². The summed E-state index contributed by atoms with van der Waals surface area (Å²) in [4.78, 5) is 22.2. The van der Waals surface area contributed by atoms with Gasteiger partial charge in [0.2, 0.25) is 5.89 Å². The molecular weight excluding hydrogens is 425 g/mol. The Morgan fingerprint density at radius 2 is 1.93 bits per heavy atom. The van der Waals surface area contributed by atoms with E-state index in [4.69, 9.17) is 37.1 Å². The van der Waals surface area contributed by atoms with Crippen molar-refractivity contribution in [2.45, 2.75) is 13.0 Å². The molecule has 0 bridgehead atoms. The van der Waals surface area contributed by atoms with Gasteiger partial charge in [-0.1, -0.05) is 23.2 Å². The lowest BCUT2D eigenvalue weighted by atomic mass is 10.2. The van der Waals surface area contributed by atoms with Crippen LogP contribution in [0.25, 0.3) is 11.5 Å². The summed E-state index contributed by atoms with van der Waals surface area (Å²) in [6, 6.07) is 10.2. The van der Waals surface area contributed by atoms with Gasteiger partial charge in [-0.3, -0.25) is 10.1 Å². The second-order valence-electron chi connectivity index (χ2n) is 5.74. The summed E-state index contributed by atoms with van der Waals surface area (Å²) < 4.78 is 16.0. The number of nitro groups is 1. The van der Waals surface area contributed by atoms with Crippen LogP contribution in [0.15, 0.2) is 46.9 Å². The van der Waals surface area contributed by atoms with Crippen molar-refractivity contribution in [1.29, 1.82) is 0 Å². The highest BCUT2D eigenvalue weighted by Gasteiger charge is 2.20. The molecule has 1 aromatic heterocycles. The standard InChI is InChI=1S/C18H13Cl2N3O6/c1-10(28-16(24)9-27-15-7-4-12(19)8-14(15)20)17-21-22-18(29-17)11-2-5-13(6-3-11)23(25)26/h2-8,10H,9H2,1H3. The van der Waals surface area contributed by atoms with E-state index in [-0.39, 0.29) is 29.1 Å². The van der Waals surface area contributed by atoms with E-state index < -0.39 is 17.0 Å². The molecule has 1 heterocycles. The fourth-order valence-corrected chi connectivity index (χ4v) is 2.71. The van der Waals surface area contributed by atoms with E-state index in [2.05, 4.69) is 10.2 Å². The molecule has 1 atom stereocenters. The van der Waals surface area contributed by atoms with Crippen molar-refractivity contribution in [2.24, 2.45) is 0 Å².